The van der Waals surface area contributed by atoms with Crippen LogP contribution < -0.4 is 4.90 Å². The lowest BCUT2D eigenvalue weighted by Gasteiger charge is -2.47. The van der Waals surface area contributed by atoms with Crippen LogP contribution in [0.1, 0.15) is 46.1 Å². The third kappa shape index (κ3) is 5.66. The first kappa shape index (κ1) is 32.4. The van der Waals surface area contributed by atoms with Crippen LogP contribution in [-0.2, 0) is 31.4 Å². The number of aliphatic hydroxyl groups excluding tert-OH is 4. The Kier molecular flexibility index (Phi) is 8.68. The molecule has 0 bridgehead atoms. The number of rotatable bonds is 7. The predicted octanol–water partition coefficient (Wildman–Crippen LogP) is 1.70. The Hall–Kier alpha value is -4.01. The lowest BCUT2D eigenvalue weighted by atomic mass is 9.79. The minimum Gasteiger partial charge on any atom is -0.478 e. The number of carbonyl (C=O) groups excluding carboxylic acids is 2. The van der Waals surface area contributed by atoms with E-state index in [1.807, 2.05) is 26.8 Å². The summed E-state index contributed by atoms with van der Waals surface area (Å²) in [7, 11) is 0. The minimum absolute atomic E-state index is 0.141. The van der Waals surface area contributed by atoms with E-state index in [2.05, 4.69) is 10.3 Å². The third-order valence-corrected chi connectivity index (χ3v) is 8.46. The van der Waals surface area contributed by atoms with Gasteiger partial charge in [0.15, 0.2) is 0 Å². The van der Waals surface area contributed by atoms with Crippen molar-refractivity contribution in [3.05, 3.63) is 54.1 Å². The van der Waals surface area contributed by atoms with Crippen LogP contribution in [0.5, 0.6) is 0 Å². The smallest absolute Gasteiger partial charge is 0.359 e. The van der Waals surface area contributed by atoms with Gasteiger partial charge in [-0.2, -0.15) is 0 Å². The third-order valence-electron chi connectivity index (χ3n) is 8.46. The van der Waals surface area contributed by atoms with Crippen LogP contribution in [-0.4, -0.2) is 89.2 Å². The molecule has 2 aromatic carbocycles. The number of anilines is 1. The number of carboxylic acids is 1. The first-order valence-electron chi connectivity index (χ1n) is 14.7. The standard InChI is InChI=1S/C32H38N4O9/c1-17(38)13-21-23(39)14-32(30(43)44,45-28(21)27(41)24(40)16-37)36-26-19-10-6-5-9-18(19)15-35(29(42)31(2,3)4)22-12-8-7-11-20(22)25(26)33-34-36/h5-12,21,23-24,27-28,37,39-41H,13-16H2,1-4H3,(H,43,44). The molecule has 2 aliphatic rings. The summed E-state index contributed by atoms with van der Waals surface area (Å²) in [5.41, 5.74) is -0.496. The fraction of sp³-hybridized carbons (Fsp3) is 0.469. The molecular weight excluding hydrogens is 584 g/mol. The number of hydrogen-bond acceptors (Lipinski definition) is 10. The highest BCUT2D eigenvalue weighted by Crippen LogP contribution is 2.47. The number of carbonyl (C=O) groups is 3. The van der Waals surface area contributed by atoms with Gasteiger partial charge >= 0.3 is 5.97 Å². The van der Waals surface area contributed by atoms with Crippen molar-refractivity contribution in [2.24, 2.45) is 11.3 Å². The number of aliphatic hydroxyl groups is 4. The molecule has 5 N–H and O–H groups in total. The van der Waals surface area contributed by atoms with Gasteiger partial charge in [0, 0.05) is 35.3 Å². The van der Waals surface area contributed by atoms with Gasteiger partial charge in [-0.05, 0) is 18.6 Å². The fourth-order valence-electron chi connectivity index (χ4n) is 6.21. The van der Waals surface area contributed by atoms with E-state index >= 15 is 0 Å². The van der Waals surface area contributed by atoms with E-state index in [4.69, 9.17) is 4.74 Å². The Morgan fingerprint density at radius 3 is 2.33 bits per heavy atom. The summed E-state index contributed by atoms with van der Waals surface area (Å²) in [5, 5.41) is 61.7. The number of hydrogen-bond donors (Lipinski definition) is 5. The highest BCUT2D eigenvalue weighted by molar-refractivity contribution is 6.02. The molecule has 240 valence electrons. The summed E-state index contributed by atoms with van der Waals surface area (Å²) in [6.07, 6.45) is -7.56. The topological polar surface area (TPSA) is 196 Å². The predicted molar refractivity (Wildman–Crippen MR) is 161 cm³/mol. The van der Waals surface area contributed by atoms with Crippen LogP contribution >= 0.6 is 0 Å². The van der Waals surface area contributed by atoms with Gasteiger partial charge in [0.05, 0.1) is 31.0 Å². The second kappa shape index (κ2) is 12.1. The van der Waals surface area contributed by atoms with Crippen molar-refractivity contribution in [3.8, 4) is 22.5 Å². The zero-order valence-electron chi connectivity index (χ0n) is 25.5. The average molecular weight is 623 g/mol. The monoisotopic (exact) mass is 622 g/mol. The fourth-order valence-corrected chi connectivity index (χ4v) is 6.21. The van der Waals surface area contributed by atoms with E-state index in [-0.39, 0.29) is 36.0 Å². The molecule has 0 aliphatic carbocycles. The summed E-state index contributed by atoms with van der Waals surface area (Å²) < 4.78 is 7.21. The van der Waals surface area contributed by atoms with Gasteiger partial charge in [-0.25, -0.2) is 9.48 Å². The number of aromatic nitrogens is 3. The Bertz CT molecular complexity index is 1620. The van der Waals surface area contributed by atoms with Crippen molar-refractivity contribution in [3.63, 3.8) is 0 Å². The number of carboxylic acid groups (broad SMARTS) is 1. The highest BCUT2D eigenvalue weighted by atomic mass is 16.6. The number of fused-ring (bicyclic) bond motifs is 5. The molecule has 6 unspecified atom stereocenters. The van der Waals surface area contributed by atoms with Crippen LogP contribution in [0.3, 0.4) is 0 Å². The number of benzene rings is 2. The van der Waals surface area contributed by atoms with E-state index in [0.717, 1.165) is 4.68 Å². The quantitative estimate of drug-likeness (QED) is 0.257. The molecule has 2 aliphatic heterocycles. The van der Waals surface area contributed by atoms with Crippen molar-refractivity contribution in [1.29, 1.82) is 0 Å². The molecule has 6 atom stereocenters. The zero-order valence-corrected chi connectivity index (χ0v) is 25.5. The summed E-state index contributed by atoms with van der Waals surface area (Å²) in [5.74, 6) is -3.16. The van der Waals surface area contributed by atoms with Crippen molar-refractivity contribution in [2.75, 3.05) is 11.5 Å². The molecule has 1 saturated heterocycles. The summed E-state index contributed by atoms with van der Waals surface area (Å²) in [4.78, 5) is 40.8. The molecule has 0 saturated carbocycles. The van der Waals surface area contributed by atoms with Gasteiger partial charge in [0.2, 0.25) is 5.91 Å². The molecule has 1 aromatic heterocycles. The largest absolute Gasteiger partial charge is 0.478 e. The first-order chi connectivity index (χ1) is 21.2. The van der Waals surface area contributed by atoms with Crippen molar-refractivity contribution < 1.29 is 44.7 Å². The maximum atomic E-state index is 13.8. The molecule has 1 amide bonds. The molecule has 0 spiro atoms. The van der Waals surface area contributed by atoms with Crippen molar-refractivity contribution >= 4 is 23.3 Å². The number of nitrogens with zero attached hydrogens (tertiary/aromatic N) is 4. The Morgan fingerprint density at radius 2 is 1.71 bits per heavy atom. The van der Waals surface area contributed by atoms with Crippen LogP contribution in [0.25, 0.3) is 22.5 Å². The van der Waals surface area contributed by atoms with E-state index in [9.17, 15) is 39.9 Å². The number of ether oxygens (including phenoxy) is 1. The van der Waals surface area contributed by atoms with Gasteiger partial charge in [-0.15, -0.1) is 5.10 Å². The molecule has 13 heteroatoms. The molecule has 45 heavy (non-hydrogen) atoms. The molecule has 5 rings (SSSR count). The van der Waals surface area contributed by atoms with Gasteiger partial charge in [-0.3, -0.25) is 4.79 Å². The highest BCUT2D eigenvalue weighted by Gasteiger charge is 2.57. The van der Waals surface area contributed by atoms with Crippen LogP contribution in [0.2, 0.25) is 0 Å². The van der Waals surface area contributed by atoms with Crippen LogP contribution in [0.15, 0.2) is 48.5 Å². The normalized spacial score (nSPS) is 24.4. The summed E-state index contributed by atoms with van der Waals surface area (Å²) in [6.45, 7) is 6.01. The Morgan fingerprint density at radius 1 is 1.07 bits per heavy atom. The number of ketones is 1. The van der Waals surface area contributed by atoms with E-state index in [0.29, 0.717) is 22.4 Å². The van der Waals surface area contributed by atoms with E-state index < -0.39 is 60.5 Å². The van der Waals surface area contributed by atoms with Gasteiger partial charge in [-0.1, -0.05) is 68.4 Å². The Labute approximate surface area is 259 Å². The van der Waals surface area contributed by atoms with Gasteiger partial charge in [0.25, 0.3) is 5.72 Å². The second-order valence-electron chi connectivity index (χ2n) is 12.8. The number of amides is 1. The molecular formula is C32H38N4O9. The lowest BCUT2D eigenvalue weighted by molar-refractivity contribution is -0.268. The van der Waals surface area contributed by atoms with Crippen molar-refractivity contribution in [1.82, 2.24) is 15.0 Å². The lowest BCUT2D eigenvalue weighted by Crippen LogP contribution is -2.62. The van der Waals surface area contributed by atoms with Gasteiger partial charge < -0.3 is 40.0 Å². The molecule has 1 fully saturated rings. The first-order valence-corrected chi connectivity index (χ1v) is 14.7. The summed E-state index contributed by atoms with van der Waals surface area (Å²) >= 11 is 0. The number of para-hydroxylation sites is 1. The maximum absolute atomic E-state index is 13.8. The number of aliphatic carboxylic acids is 1. The Balaban J connectivity index is 1.77. The SMILES string of the molecule is CC(=O)CC1C(O)CC(C(=O)O)(n2nnc3c2-c2ccccc2CN(C(=O)C(C)(C)C)c2ccccc2-3)OC1C(O)C(O)CO. The molecule has 13 nitrogen and oxygen atoms in total. The van der Waals surface area contributed by atoms with Crippen LogP contribution in [0, 0.1) is 11.3 Å². The molecule has 3 heterocycles. The maximum Gasteiger partial charge on any atom is 0.359 e. The van der Waals surface area contributed by atoms with E-state index in [1.165, 1.54) is 6.92 Å². The second-order valence-corrected chi connectivity index (χ2v) is 12.8. The van der Waals surface area contributed by atoms with Crippen molar-refractivity contribution in [2.45, 2.75) is 77.2 Å². The number of Topliss-reactive ketones (excluding diaryl/α,β-unsaturated/α-hetero) is 1. The van der Waals surface area contributed by atoms with E-state index in [1.54, 1.807) is 47.4 Å². The molecule has 3 aromatic rings. The zero-order chi connectivity index (χ0) is 32.8. The average Bonchev–Trinajstić information content (AvgIpc) is 3.43. The van der Waals surface area contributed by atoms with Gasteiger partial charge in [0.1, 0.15) is 29.4 Å². The van der Waals surface area contributed by atoms with Crippen LogP contribution in [0.4, 0.5) is 5.69 Å². The summed E-state index contributed by atoms with van der Waals surface area (Å²) in [6, 6.07) is 14.2. The molecule has 0 radical (unpaired) electrons. The minimum atomic E-state index is -2.46.